The minimum Gasteiger partial charge on any atom is -0.478 e. The molecule has 5 aromatic carbocycles. The van der Waals surface area contributed by atoms with E-state index in [-0.39, 0.29) is 22.5 Å². The average molecular weight is 633 g/mol. The topological polar surface area (TPSA) is 149 Å². The number of amides is 4. The Kier molecular flexibility index (Phi) is 5.42. The van der Waals surface area contributed by atoms with Crippen molar-refractivity contribution in [2.24, 2.45) is 0 Å². The maximum Gasteiger partial charge on any atom is 0.335 e. The third kappa shape index (κ3) is 3.45. The first kappa shape index (κ1) is 27.6. The van der Waals surface area contributed by atoms with E-state index in [4.69, 9.17) is 0 Å². The lowest BCUT2D eigenvalue weighted by atomic mass is 9.73. The zero-order chi connectivity index (χ0) is 33.2. The molecule has 2 N–H and O–H groups in total. The van der Waals surface area contributed by atoms with Crippen molar-refractivity contribution < 1.29 is 39.0 Å². The van der Waals surface area contributed by atoms with Gasteiger partial charge in [-0.2, -0.15) is 0 Å². The molecule has 0 bridgehead atoms. The highest BCUT2D eigenvalue weighted by atomic mass is 16.4. The van der Waals surface area contributed by atoms with Crippen molar-refractivity contribution in [3.8, 4) is 0 Å². The summed E-state index contributed by atoms with van der Waals surface area (Å²) in [5, 5.41) is 21.6. The fraction of sp³-hybridized carbons (Fsp3) is 0.0526. The van der Waals surface area contributed by atoms with E-state index >= 15 is 0 Å². The standard InChI is InChI=1S/C38H20N2O8/c41-33-25-13-9-21-23-11-15-27-32-28(36(44)40(35(27)43)20-7-3-18(4-8-20)38(47)48)16-12-24(30(23)32)22-10-14-26(31(25)29(21)22)34(42)39(33)19-5-1-17(2-6-19)37(45)46/h1-16,25,27H,(H,45,46)(H,47,48). The van der Waals surface area contributed by atoms with E-state index in [9.17, 15) is 39.0 Å². The van der Waals surface area contributed by atoms with E-state index < -0.39 is 47.4 Å². The lowest BCUT2D eigenvalue weighted by Crippen LogP contribution is -2.45. The second kappa shape index (κ2) is 9.43. The molecule has 10 heteroatoms. The molecule has 0 fully saturated rings. The third-order valence-corrected chi connectivity index (χ3v) is 9.73. The summed E-state index contributed by atoms with van der Waals surface area (Å²) in [5.74, 6) is -5.69. The Morgan fingerprint density at radius 1 is 0.521 bits per heavy atom. The van der Waals surface area contributed by atoms with Gasteiger partial charge in [0.15, 0.2) is 0 Å². The van der Waals surface area contributed by atoms with Crippen molar-refractivity contribution in [3.05, 3.63) is 129 Å². The van der Waals surface area contributed by atoms with Crippen molar-refractivity contribution in [2.75, 3.05) is 9.80 Å². The van der Waals surface area contributed by atoms with E-state index in [0.29, 0.717) is 22.3 Å². The molecule has 5 aromatic rings. The molecule has 4 amide bonds. The normalized spacial score (nSPS) is 18.7. The molecule has 230 valence electrons. The van der Waals surface area contributed by atoms with Crippen LogP contribution in [0.5, 0.6) is 0 Å². The molecule has 2 heterocycles. The zero-order valence-corrected chi connectivity index (χ0v) is 24.6. The van der Waals surface area contributed by atoms with Gasteiger partial charge in [-0.05, 0) is 104 Å². The first-order chi connectivity index (χ1) is 23.2. The molecule has 48 heavy (non-hydrogen) atoms. The van der Waals surface area contributed by atoms with Gasteiger partial charge in [-0.3, -0.25) is 19.2 Å². The van der Waals surface area contributed by atoms with Crippen LogP contribution in [0.25, 0.3) is 33.7 Å². The van der Waals surface area contributed by atoms with Crippen LogP contribution in [0, 0.1) is 0 Å². The van der Waals surface area contributed by atoms with Crippen LogP contribution in [0.1, 0.15) is 75.5 Å². The minimum atomic E-state index is -1.12. The first-order valence-electron chi connectivity index (χ1n) is 15.0. The molecule has 0 saturated heterocycles. The number of imide groups is 2. The molecule has 9 rings (SSSR count). The summed E-state index contributed by atoms with van der Waals surface area (Å²) >= 11 is 0. The van der Waals surface area contributed by atoms with Crippen molar-refractivity contribution in [1.29, 1.82) is 0 Å². The number of carbonyl (C=O) groups excluding carboxylic acids is 4. The maximum atomic E-state index is 13.9. The molecule has 0 aromatic heterocycles. The quantitative estimate of drug-likeness (QED) is 0.181. The van der Waals surface area contributed by atoms with Crippen LogP contribution in [-0.4, -0.2) is 45.8 Å². The van der Waals surface area contributed by atoms with Crippen molar-refractivity contribution in [3.63, 3.8) is 0 Å². The molecule has 2 unspecified atom stereocenters. The molecule has 0 saturated carbocycles. The van der Waals surface area contributed by atoms with Crippen LogP contribution in [0.2, 0.25) is 0 Å². The number of nitrogens with zero attached hydrogens (tertiary/aromatic N) is 2. The van der Waals surface area contributed by atoms with E-state index in [0.717, 1.165) is 42.5 Å². The molecule has 0 spiro atoms. The maximum absolute atomic E-state index is 13.9. The molecule has 10 nitrogen and oxygen atoms in total. The van der Waals surface area contributed by atoms with Gasteiger partial charge in [0.2, 0.25) is 11.8 Å². The van der Waals surface area contributed by atoms with Crippen molar-refractivity contribution in [1.82, 2.24) is 0 Å². The number of fused-ring (bicyclic) bond motifs is 2. The number of rotatable bonds is 4. The van der Waals surface area contributed by atoms with Gasteiger partial charge in [-0.15, -0.1) is 0 Å². The number of carboxylic acid groups (broad SMARTS) is 2. The Balaban J connectivity index is 1.22. The first-order valence-corrected chi connectivity index (χ1v) is 15.0. The highest BCUT2D eigenvalue weighted by molar-refractivity contribution is 6.33. The van der Waals surface area contributed by atoms with Crippen molar-refractivity contribution in [2.45, 2.75) is 11.8 Å². The van der Waals surface area contributed by atoms with Crippen LogP contribution in [0.4, 0.5) is 11.4 Å². The zero-order valence-electron chi connectivity index (χ0n) is 24.6. The predicted octanol–water partition coefficient (Wildman–Crippen LogP) is 5.98. The van der Waals surface area contributed by atoms with E-state index in [1.165, 1.54) is 48.5 Å². The number of carboxylic acids is 2. The highest BCUT2D eigenvalue weighted by Crippen LogP contribution is 2.50. The molecule has 2 aliphatic heterocycles. The molecule has 2 atom stereocenters. The lowest BCUT2D eigenvalue weighted by Gasteiger charge is -2.37. The Labute approximate surface area is 270 Å². The summed E-state index contributed by atoms with van der Waals surface area (Å²) in [6.07, 6.45) is 7.21. The highest BCUT2D eigenvalue weighted by Gasteiger charge is 2.44. The summed E-state index contributed by atoms with van der Waals surface area (Å²) in [6.45, 7) is 0. The smallest absolute Gasteiger partial charge is 0.335 e. The number of carbonyl (C=O) groups is 6. The van der Waals surface area contributed by atoms with Gasteiger partial charge in [-0.25, -0.2) is 19.4 Å². The van der Waals surface area contributed by atoms with Crippen LogP contribution >= 0.6 is 0 Å². The summed E-state index contributed by atoms with van der Waals surface area (Å²) in [5.41, 5.74) is 4.07. The van der Waals surface area contributed by atoms with E-state index in [1.807, 2.05) is 24.3 Å². The fourth-order valence-corrected chi connectivity index (χ4v) is 7.61. The molecular weight excluding hydrogens is 612 g/mol. The summed E-state index contributed by atoms with van der Waals surface area (Å²) < 4.78 is 0. The van der Waals surface area contributed by atoms with Gasteiger partial charge in [0, 0.05) is 11.1 Å². The predicted molar refractivity (Wildman–Crippen MR) is 175 cm³/mol. The average Bonchev–Trinajstić information content (AvgIpc) is 3.09. The van der Waals surface area contributed by atoms with Crippen LogP contribution in [-0.2, 0) is 9.59 Å². The lowest BCUT2D eigenvalue weighted by molar-refractivity contribution is -0.119. The summed E-state index contributed by atoms with van der Waals surface area (Å²) in [4.78, 5) is 80.5. The van der Waals surface area contributed by atoms with Crippen molar-refractivity contribution >= 4 is 80.6 Å². The molecule has 4 aliphatic rings. The minimum absolute atomic E-state index is 0.0353. The SMILES string of the molecule is O=C(O)c1ccc(N2C(=O)c3ccc4c5c(c6c7c8c(ccc74)C(=O)N(c4ccc(C(=O)O)cc4)C(=O)C8C=C6)C=CC(C2=O)c35)cc1. The monoisotopic (exact) mass is 632 g/mol. The number of anilines is 2. The van der Waals surface area contributed by atoms with Crippen LogP contribution in [0.3, 0.4) is 0 Å². The van der Waals surface area contributed by atoms with E-state index in [1.54, 1.807) is 24.3 Å². The number of benzene rings is 5. The largest absolute Gasteiger partial charge is 0.478 e. The Hall–Kier alpha value is -6.68. The van der Waals surface area contributed by atoms with Gasteiger partial charge in [0.05, 0.1) is 34.3 Å². The van der Waals surface area contributed by atoms with Crippen LogP contribution < -0.4 is 9.80 Å². The molecule has 2 aliphatic carbocycles. The molecular formula is C38H20N2O8. The second-order valence-corrected chi connectivity index (χ2v) is 12.1. The fourth-order valence-electron chi connectivity index (χ4n) is 7.61. The Morgan fingerprint density at radius 3 is 1.25 bits per heavy atom. The molecule has 0 radical (unpaired) electrons. The van der Waals surface area contributed by atoms with Gasteiger partial charge in [0.25, 0.3) is 11.8 Å². The van der Waals surface area contributed by atoms with Gasteiger partial charge < -0.3 is 10.2 Å². The van der Waals surface area contributed by atoms with Crippen LogP contribution in [0.15, 0.2) is 84.9 Å². The van der Waals surface area contributed by atoms with Gasteiger partial charge in [0.1, 0.15) is 0 Å². The Bertz CT molecular complexity index is 2320. The van der Waals surface area contributed by atoms with Gasteiger partial charge >= 0.3 is 11.9 Å². The Morgan fingerprint density at radius 2 is 0.896 bits per heavy atom. The third-order valence-electron chi connectivity index (χ3n) is 9.73. The summed E-state index contributed by atoms with van der Waals surface area (Å²) in [7, 11) is 0. The second-order valence-electron chi connectivity index (χ2n) is 12.1. The number of hydrogen-bond acceptors (Lipinski definition) is 6. The van der Waals surface area contributed by atoms with E-state index in [2.05, 4.69) is 0 Å². The number of hydrogen-bond donors (Lipinski definition) is 2. The number of aromatic carboxylic acids is 2. The summed E-state index contributed by atoms with van der Waals surface area (Å²) in [6, 6.07) is 18.2. The van der Waals surface area contributed by atoms with Gasteiger partial charge in [-0.1, -0.05) is 36.4 Å².